The highest BCUT2D eigenvalue weighted by Crippen LogP contribution is 2.43. The van der Waals surface area contributed by atoms with Gasteiger partial charge in [-0.05, 0) is 89.8 Å². The van der Waals surface area contributed by atoms with E-state index >= 15 is 0 Å². The zero-order chi connectivity index (χ0) is 50.2. The van der Waals surface area contributed by atoms with Crippen molar-refractivity contribution in [2.45, 2.75) is 14.7 Å². The Labute approximate surface area is 389 Å². The zero-order valence-corrected chi connectivity index (χ0v) is 37.8. The minimum absolute atomic E-state index is 0.00686. The number of nitrogens with one attached hydrogen (secondary N) is 4. The van der Waals surface area contributed by atoms with Gasteiger partial charge in [0.15, 0.2) is 11.5 Å². The van der Waals surface area contributed by atoms with Crippen LogP contribution in [-0.2, 0) is 40.5 Å². The molecule has 69 heavy (non-hydrogen) atoms. The molecule has 1 aliphatic carbocycles. The number of azo groups is 1. The summed E-state index contributed by atoms with van der Waals surface area (Å²) in [6.45, 7) is -0.397. The number of fused-ring (bicyclic) bond motifs is 2. The molecule has 0 fully saturated rings. The van der Waals surface area contributed by atoms with E-state index < -0.39 is 100 Å². The summed E-state index contributed by atoms with van der Waals surface area (Å²) in [5.74, 6) is -2.92. The fraction of sp³-hybridized carbons (Fsp3) is 0.0789. The standard InChI is InChI=1S/C38H32N10O17S4/c1-65-22-4-8-26(29(16-22)67(56,57)58)45-47-32-30(68(59,60)61)14-18-12-20(2-6-24(18)34(32)51)40-37-42-36(39-10-11-49)43-38(44-37)41-21-3-7-25-19(13-21)15-31(69(62,63)64)33(35(25)52)48-46-27-17-23(66(53,54)55)5-9-28(27)50/h2-9,12-17,46,49-51H,10-11H2,1H3,(H,53,54,55)(H,56,57,58)(H,59,60,61)(H,62,63,64)(H3,39,40,41,42,43,44)/b47-45?,48-33-. The summed E-state index contributed by atoms with van der Waals surface area (Å²) in [5.41, 5.74) is -0.324. The molecule has 27 nitrogen and oxygen atoms in total. The van der Waals surface area contributed by atoms with Crippen molar-refractivity contribution in [1.82, 2.24) is 15.0 Å². The maximum atomic E-state index is 13.6. The molecule has 360 valence electrons. The third-order valence-electron chi connectivity index (χ3n) is 9.44. The second-order valence-electron chi connectivity index (χ2n) is 14.0. The van der Waals surface area contributed by atoms with Crippen molar-refractivity contribution in [3.05, 3.63) is 94.9 Å². The molecule has 1 aromatic heterocycles. The van der Waals surface area contributed by atoms with Gasteiger partial charge in [-0.1, -0.05) is 0 Å². The number of aliphatic hydroxyl groups excluding tert-OH is 1. The van der Waals surface area contributed by atoms with Crippen LogP contribution in [0, 0.1) is 0 Å². The molecule has 0 spiro atoms. The minimum Gasteiger partial charge on any atom is -0.506 e. The van der Waals surface area contributed by atoms with Gasteiger partial charge in [-0.3, -0.25) is 28.4 Å². The Morgan fingerprint density at radius 1 is 0.681 bits per heavy atom. The number of carbonyl (C=O) groups excluding carboxylic acids is 1. The van der Waals surface area contributed by atoms with Crippen LogP contribution >= 0.6 is 0 Å². The largest absolute Gasteiger partial charge is 0.506 e. The molecule has 1 aliphatic rings. The number of anilines is 6. The summed E-state index contributed by atoms with van der Waals surface area (Å²) >= 11 is 0. The van der Waals surface area contributed by atoms with Gasteiger partial charge in [0.1, 0.15) is 37.6 Å². The maximum Gasteiger partial charge on any atom is 0.296 e. The molecule has 0 atom stereocenters. The summed E-state index contributed by atoms with van der Waals surface area (Å²) in [5, 5.41) is 50.4. The Kier molecular flexibility index (Phi) is 13.3. The topological polar surface area (TPSA) is 428 Å². The van der Waals surface area contributed by atoms with Gasteiger partial charge in [0.05, 0.1) is 24.3 Å². The SMILES string of the molecule is COc1ccc(N=Nc2c(S(=O)(=O)O)cc3cc(Nc4nc(NCCO)nc(Nc5ccc6c(c5)C=C(S(=O)(=O)O)/C(=N/Nc5cc(S(=O)(=O)O)ccc5O)C6=O)n4)ccc3c2O)c(S(=O)(=O)O)c1. The highest BCUT2D eigenvalue weighted by Gasteiger charge is 2.33. The third kappa shape index (κ3) is 11.0. The van der Waals surface area contributed by atoms with Gasteiger partial charge in [-0.15, -0.1) is 10.2 Å². The lowest BCUT2D eigenvalue weighted by atomic mass is 9.94. The Bertz CT molecular complexity index is 3680. The van der Waals surface area contributed by atoms with Crippen molar-refractivity contribution in [2.24, 2.45) is 15.3 Å². The lowest BCUT2D eigenvalue weighted by Crippen LogP contribution is -2.27. The molecular formula is C38H32N10O17S4. The van der Waals surface area contributed by atoms with Gasteiger partial charge < -0.3 is 36.0 Å². The number of hydrogen-bond donors (Lipinski definition) is 11. The number of aromatic nitrogens is 3. The summed E-state index contributed by atoms with van der Waals surface area (Å²) in [4.78, 5) is 23.0. The number of aromatic hydroxyl groups is 2. The first-order valence-corrected chi connectivity index (χ1v) is 24.6. The number of aliphatic hydroxyl groups is 1. The first-order valence-electron chi connectivity index (χ1n) is 18.9. The lowest BCUT2D eigenvalue weighted by molar-refractivity contribution is 0.106. The number of ketones is 1. The van der Waals surface area contributed by atoms with Gasteiger partial charge in [0.2, 0.25) is 23.6 Å². The number of phenolic OH excluding ortho intramolecular Hbond substituents is 2. The molecule has 6 aromatic rings. The van der Waals surface area contributed by atoms with E-state index in [4.69, 9.17) is 4.74 Å². The number of carbonyl (C=O) groups is 1. The van der Waals surface area contributed by atoms with E-state index in [1.165, 1.54) is 49.6 Å². The maximum absolute atomic E-state index is 13.6. The second kappa shape index (κ2) is 18.7. The van der Waals surface area contributed by atoms with Gasteiger partial charge in [0, 0.05) is 34.9 Å². The summed E-state index contributed by atoms with van der Waals surface area (Å²) in [6, 6.07) is 14.6. The Hall–Kier alpha value is -7.75. The quantitative estimate of drug-likeness (QED) is 0.0277. The predicted octanol–water partition coefficient (Wildman–Crippen LogP) is 4.38. The van der Waals surface area contributed by atoms with Crippen LogP contribution < -0.4 is 26.1 Å². The van der Waals surface area contributed by atoms with Gasteiger partial charge in [0.25, 0.3) is 40.5 Å². The summed E-state index contributed by atoms with van der Waals surface area (Å²) < 4.78 is 142. The Morgan fingerprint density at radius 2 is 1.33 bits per heavy atom. The number of ether oxygens (including phenoxy) is 1. The van der Waals surface area contributed by atoms with E-state index in [9.17, 15) is 72.0 Å². The number of Topliss-reactive ketones (excluding diaryl/α,β-unsaturated/α-hetero) is 1. The van der Waals surface area contributed by atoms with Gasteiger partial charge in [-0.2, -0.15) is 53.7 Å². The van der Waals surface area contributed by atoms with Crippen molar-refractivity contribution in [3.8, 4) is 17.2 Å². The van der Waals surface area contributed by atoms with Crippen LogP contribution in [0.5, 0.6) is 17.2 Å². The van der Waals surface area contributed by atoms with E-state index in [1.807, 2.05) is 0 Å². The number of allylic oxidation sites excluding steroid dienone is 1. The van der Waals surface area contributed by atoms with Gasteiger partial charge >= 0.3 is 0 Å². The second-order valence-corrected chi connectivity index (χ2v) is 19.6. The van der Waals surface area contributed by atoms with Crippen molar-refractivity contribution < 1.29 is 76.7 Å². The molecule has 11 N–H and O–H groups in total. The molecule has 0 amide bonds. The first-order chi connectivity index (χ1) is 32.3. The molecule has 0 saturated carbocycles. The molecule has 0 saturated heterocycles. The monoisotopic (exact) mass is 1030 g/mol. The van der Waals surface area contributed by atoms with Crippen LogP contribution in [0.1, 0.15) is 15.9 Å². The molecule has 0 bridgehead atoms. The average molecular weight is 1030 g/mol. The smallest absolute Gasteiger partial charge is 0.296 e. The molecular weight excluding hydrogens is 997 g/mol. The predicted molar refractivity (Wildman–Crippen MR) is 244 cm³/mol. The van der Waals surface area contributed by atoms with Crippen molar-refractivity contribution in [1.29, 1.82) is 0 Å². The van der Waals surface area contributed by atoms with E-state index in [1.54, 1.807) is 0 Å². The fourth-order valence-electron chi connectivity index (χ4n) is 6.33. The van der Waals surface area contributed by atoms with Gasteiger partial charge in [-0.25, -0.2) is 0 Å². The molecule has 1 heterocycles. The highest BCUT2D eigenvalue weighted by molar-refractivity contribution is 7.91. The minimum atomic E-state index is -5.18. The Morgan fingerprint density at radius 3 is 1.96 bits per heavy atom. The number of methoxy groups -OCH3 is 1. The van der Waals surface area contributed by atoms with E-state index in [0.29, 0.717) is 0 Å². The third-order valence-corrected chi connectivity index (χ3v) is 12.9. The first kappa shape index (κ1) is 49.2. The summed E-state index contributed by atoms with van der Waals surface area (Å²) in [6.07, 6.45) is 0.901. The molecule has 31 heteroatoms. The number of phenols is 2. The van der Waals surface area contributed by atoms with Crippen LogP contribution in [0.25, 0.3) is 16.8 Å². The molecule has 0 unspecified atom stereocenters. The lowest BCUT2D eigenvalue weighted by Gasteiger charge is -2.18. The molecule has 0 radical (unpaired) electrons. The fourth-order valence-corrected chi connectivity index (χ4v) is 8.79. The zero-order valence-electron chi connectivity index (χ0n) is 34.5. The average Bonchev–Trinajstić information content (AvgIpc) is 3.26. The molecule has 7 rings (SSSR count). The van der Waals surface area contributed by atoms with E-state index in [2.05, 4.69) is 51.7 Å². The summed E-state index contributed by atoms with van der Waals surface area (Å²) in [7, 11) is -18.8. The van der Waals surface area contributed by atoms with E-state index in [-0.39, 0.29) is 70.0 Å². The van der Waals surface area contributed by atoms with Crippen molar-refractivity contribution in [3.63, 3.8) is 0 Å². The number of hydrogen-bond acceptors (Lipinski definition) is 23. The molecule has 0 aliphatic heterocycles. The Balaban J connectivity index is 1.20. The van der Waals surface area contributed by atoms with Crippen LogP contribution in [0.3, 0.4) is 0 Å². The number of benzene rings is 5. The van der Waals surface area contributed by atoms with Crippen molar-refractivity contribution in [2.75, 3.05) is 41.6 Å². The normalized spacial score (nSPS) is 13.9. The van der Waals surface area contributed by atoms with E-state index in [0.717, 1.165) is 42.5 Å². The van der Waals surface area contributed by atoms with Crippen molar-refractivity contribution >= 4 is 115 Å². The number of hydrazone groups is 1. The van der Waals surface area contributed by atoms with Crippen LogP contribution in [-0.4, -0.2) is 114 Å². The highest BCUT2D eigenvalue weighted by atomic mass is 32.2. The van der Waals surface area contributed by atoms with Crippen LogP contribution in [0.2, 0.25) is 0 Å². The number of nitrogens with zero attached hydrogens (tertiary/aromatic N) is 6. The van der Waals surface area contributed by atoms with Crippen LogP contribution in [0.4, 0.5) is 46.3 Å². The number of rotatable bonds is 16. The van der Waals surface area contributed by atoms with Crippen LogP contribution in [0.15, 0.2) is 114 Å². The molecule has 5 aromatic carbocycles.